The van der Waals surface area contributed by atoms with Crippen LogP contribution < -0.4 is 5.32 Å². The van der Waals surface area contributed by atoms with Crippen molar-refractivity contribution in [3.63, 3.8) is 0 Å². The Hall–Kier alpha value is -4.11. The van der Waals surface area contributed by atoms with Gasteiger partial charge >= 0.3 is 12.1 Å². The van der Waals surface area contributed by atoms with Crippen molar-refractivity contribution in [3.05, 3.63) is 94.8 Å². The molecule has 1 aliphatic rings. The number of esters is 1. The van der Waals surface area contributed by atoms with Crippen LogP contribution in [0.15, 0.2) is 66.7 Å². The van der Waals surface area contributed by atoms with Crippen LogP contribution in [0.4, 0.5) is 9.18 Å². The van der Waals surface area contributed by atoms with Crippen LogP contribution in [0, 0.1) is 17.7 Å². The molecule has 0 saturated heterocycles. The molecule has 0 radical (unpaired) electrons. The number of hydrogen-bond donors (Lipinski definition) is 1. The van der Waals surface area contributed by atoms with Gasteiger partial charge in [-0.3, -0.25) is 0 Å². The first kappa shape index (κ1) is 23.1. The number of nitrogens with one attached hydrogen (secondary N) is 1. The van der Waals surface area contributed by atoms with Gasteiger partial charge in [0, 0.05) is 24.4 Å². The fourth-order valence-corrected chi connectivity index (χ4v) is 4.01. The molecule has 0 fully saturated rings. The quantitative estimate of drug-likeness (QED) is 0.311. The molecule has 0 aromatic heterocycles. The van der Waals surface area contributed by atoms with E-state index in [2.05, 4.69) is 41.4 Å². The summed E-state index contributed by atoms with van der Waals surface area (Å²) < 4.78 is 24.1. The van der Waals surface area contributed by atoms with Gasteiger partial charge in [0.25, 0.3) is 0 Å². The second-order valence-electron chi connectivity index (χ2n) is 7.72. The topological polar surface area (TPSA) is 64.6 Å². The second-order valence-corrected chi connectivity index (χ2v) is 7.72. The summed E-state index contributed by atoms with van der Waals surface area (Å²) in [6.45, 7) is 2.37. The standard InChI is InChI=1S/C28H24FNO4/c1-2-33-27(31)24-17-19(14-15-26(24)29)9-7-8-16-30-28(32)34-18-25-22-12-5-3-10-20(22)21-11-4-6-13-23(21)25/h3-6,10-15,17,25H,2,8,16,18H2,1H3,(H,30,32). The lowest BCUT2D eigenvalue weighted by molar-refractivity contribution is 0.0521. The van der Waals surface area contributed by atoms with Crippen LogP contribution in [0.25, 0.3) is 11.1 Å². The Morgan fingerprint density at radius 2 is 1.65 bits per heavy atom. The minimum Gasteiger partial charge on any atom is -0.462 e. The summed E-state index contributed by atoms with van der Waals surface area (Å²) in [4.78, 5) is 24.0. The molecule has 0 spiro atoms. The Balaban J connectivity index is 1.28. The van der Waals surface area contributed by atoms with Crippen LogP contribution in [0.5, 0.6) is 0 Å². The van der Waals surface area contributed by atoms with E-state index in [9.17, 15) is 14.0 Å². The zero-order valence-electron chi connectivity index (χ0n) is 18.8. The summed E-state index contributed by atoms with van der Waals surface area (Å²) in [7, 11) is 0. The number of ether oxygens (including phenoxy) is 2. The zero-order chi connectivity index (χ0) is 23.9. The van der Waals surface area contributed by atoms with Gasteiger partial charge in [0.15, 0.2) is 0 Å². The SMILES string of the molecule is CCOC(=O)c1cc(C#CCCNC(=O)OCC2c3ccccc3-c3ccccc32)ccc1F. The van der Waals surface area contributed by atoms with Gasteiger partial charge in [0.1, 0.15) is 12.4 Å². The molecule has 0 unspecified atom stereocenters. The highest BCUT2D eigenvalue weighted by Gasteiger charge is 2.28. The van der Waals surface area contributed by atoms with Crippen molar-refractivity contribution in [2.75, 3.05) is 19.8 Å². The van der Waals surface area contributed by atoms with E-state index in [4.69, 9.17) is 9.47 Å². The number of hydrogen-bond acceptors (Lipinski definition) is 4. The molecule has 5 nitrogen and oxygen atoms in total. The van der Waals surface area contributed by atoms with Gasteiger partial charge in [-0.05, 0) is 47.4 Å². The molecule has 1 aliphatic carbocycles. The monoisotopic (exact) mass is 457 g/mol. The van der Waals surface area contributed by atoms with Crippen molar-refractivity contribution >= 4 is 12.1 Å². The molecule has 34 heavy (non-hydrogen) atoms. The Morgan fingerprint density at radius 3 is 2.32 bits per heavy atom. The third kappa shape index (κ3) is 5.10. The number of fused-ring (bicyclic) bond motifs is 3. The number of halogens is 1. The van der Waals surface area contributed by atoms with Crippen LogP contribution in [0.3, 0.4) is 0 Å². The van der Waals surface area contributed by atoms with Crippen molar-refractivity contribution in [1.82, 2.24) is 5.32 Å². The predicted octanol–water partition coefficient (Wildman–Crippen LogP) is 5.28. The Bertz CT molecular complexity index is 1230. The molecule has 0 heterocycles. The molecule has 0 atom stereocenters. The van der Waals surface area contributed by atoms with Gasteiger partial charge in [0.2, 0.25) is 0 Å². The van der Waals surface area contributed by atoms with Crippen molar-refractivity contribution in [2.24, 2.45) is 0 Å². The summed E-state index contributed by atoms with van der Waals surface area (Å²) in [6, 6.07) is 20.4. The minimum atomic E-state index is -0.722. The van der Waals surface area contributed by atoms with Gasteiger partial charge in [0.05, 0.1) is 12.2 Å². The fraction of sp³-hybridized carbons (Fsp3) is 0.214. The van der Waals surface area contributed by atoms with Gasteiger partial charge in [-0.15, -0.1) is 0 Å². The third-order valence-electron chi connectivity index (χ3n) is 5.56. The highest BCUT2D eigenvalue weighted by molar-refractivity contribution is 5.90. The van der Waals surface area contributed by atoms with E-state index < -0.39 is 17.9 Å². The molecule has 3 aromatic carbocycles. The van der Waals surface area contributed by atoms with E-state index in [1.54, 1.807) is 6.92 Å². The molecule has 4 rings (SSSR count). The summed E-state index contributed by atoms with van der Waals surface area (Å²) in [5.74, 6) is 4.40. The molecule has 6 heteroatoms. The lowest BCUT2D eigenvalue weighted by atomic mass is 9.98. The summed E-state index contributed by atoms with van der Waals surface area (Å²) in [6.07, 6.45) is -0.133. The zero-order valence-corrected chi connectivity index (χ0v) is 18.8. The van der Waals surface area contributed by atoms with Crippen molar-refractivity contribution < 1.29 is 23.5 Å². The molecule has 172 valence electrons. The first-order valence-electron chi connectivity index (χ1n) is 11.1. The van der Waals surface area contributed by atoms with Crippen molar-refractivity contribution in [1.29, 1.82) is 0 Å². The maximum absolute atomic E-state index is 13.8. The van der Waals surface area contributed by atoms with Crippen molar-refractivity contribution in [2.45, 2.75) is 19.3 Å². The number of rotatable bonds is 6. The number of amides is 1. The first-order chi connectivity index (χ1) is 16.6. The molecule has 0 bridgehead atoms. The highest BCUT2D eigenvalue weighted by atomic mass is 19.1. The predicted molar refractivity (Wildman–Crippen MR) is 127 cm³/mol. The van der Waals surface area contributed by atoms with E-state index >= 15 is 0 Å². The van der Waals surface area contributed by atoms with E-state index in [0.717, 1.165) is 11.1 Å². The minimum absolute atomic E-state index is 0.00464. The van der Waals surface area contributed by atoms with Gasteiger partial charge in [-0.2, -0.15) is 0 Å². The molecular weight excluding hydrogens is 433 g/mol. The van der Waals surface area contributed by atoms with Crippen LogP contribution in [-0.2, 0) is 9.47 Å². The second kappa shape index (κ2) is 10.7. The fourth-order valence-electron chi connectivity index (χ4n) is 4.01. The molecule has 0 aliphatic heterocycles. The average Bonchev–Trinajstić information content (AvgIpc) is 3.17. The molecular formula is C28H24FNO4. The largest absolute Gasteiger partial charge is 0.462 e. The normalized spacial score (nSPS) is 11.6. The van der Waals surface area contributed by atoms with Crippen LogP contribution in [0.1, 0.15) is 46.3 Å². The number of carbonyl (C=O) groups excluding carboxylic acids is 2. The van der Waals surface area contributed by atoms with Crippen LogP contribution in [-0.4, -0.2) is 31.8 Å². The molecule has 1 amide bonds. The van der Waals surface area contributed by atoms with Gasteiger partial charge in [-0.1, -0.05) is 60.4 Å². The van der Waals surface area contributed by atoms with E-state index in [-0.39, 0.29) is 24.7 Å². The number of carbonyl (C=O) groups is 2. The number of alkyl carbamates (subject to hydrolysis) is 1. The van der Waals surface area contributed by atoms with E-state index in [1.165, 1.54) is 29.3 Å². The van der Waals surface area contributed by atoms with Crippen LogP contribution >= 0.6 is 0 Å². The highest BCUT2D eigenvalue weighted by Crippen LogP contribution is 2.44. The average molecular weight is 458 g/mol. The molecule has 0 saturated carbocycles. The summed E-state index contributed by atoms with van der Waals surface area (Å²) in [5, 5.41) is 2.70. The molecule has 1 N–H and O–H groups in total. The van der Waals surface area contributed by atoms with Crippen molar-refractivity contribution in [3.8, 4) is 23.0 Å². The third-order valence-corrected chi connectivity index (χ3v) is 5.56. The Morgan fingerprint density at radius 1 is 0.971 bits per heavy atom. The van der Waals surface area contributed by atoms with E-state index in [1.807, 2.05) is 24.3 Å². The lowest BCUT2D eigenvalue weighted by Crippen LogP contribution is -2.26. The summed E-state index contributed by atoms with van der Waals surface area (Å²) >= 11 is 0. The smallest absolute Gasteiger partial charge is 0.407 e. The van der Waals surface area contributed by atoms with E-state index in [0.29, 0.717) is 18.5 Å². The summed E-state index contributed by atoms with van der Waals surface area (Å²) in [5.41, 5.74) is 5.01. The maximum atomic E-state index is 13.8. The maximum Gasteiger partial charge on any atom is 0.407 e. The number of benzene rings is 3. The molecule has 3 aromatic rings. The van der Waals surface area contributed by atoms with Gasteiger partial charge < -0.3 is 14.8 Å². The Labute approximate surface area is 197 Å². The first-order valence-corrected chi connectivity index (χ1v) is 11.1. The van der Waals surface area contributed by atoms with Gasteiger partial charge in [-0.25, -0.2) is 14.0 Å². The van der Waals surface area contributed by atoms with Crippen LogP contribution in [0.2, 0.25) is 0 Å². The Kier molecular flexibility index (Phi) is 7.24. The lowest BCUT2D eigenvalue weighted by Gasteiger charge is -2.14.